The van der Waals surface area contributed by atoms with E-state index in [1.54, 1.807) is 0 Å². The van der Waals surface area contributed by atoms with Crippen LogP contribution in [-0.2, 0) is 6.42 Å². The predicted octanol–water partition coefficient (Wildman–Crippen LogP) is 2.63. The molecule has 0 spiro atoms. The Hall–Kier alpha value is -0.960. The highest BCUT2D eigenvalue weighted by Gasteiger charge is 2.24. The maximum atomic E-state index is 12.9. The van der Waals surface area contributed by atoms with Crippen LogP contribution in [0.25, 0.3) is 0 Å². The van der Waals surface area contributed by atoms with Crippen molar-refractivity contribution >= 4 is 0 Å². The Morgan fingerprint density at radius 3 is 2.33 bits per heavy atom. The monoisotopic (exact) mass is 211 g/mol. The van der Waals surface area contributed by atoms with Gasteiger partial charge in [0.05, 0.1) is 0 Å². The van der Waals surface area contributed by atoms with Crippen molar-refractivity contribution in [2.24, 2.45) is 11.7 Å². The van der Waals surface area contributed by atoms with Crippen LogP contribution in [0.5, 0.6) is 0 Å². The number of nitrogens with two attached hydrogens (primary N) is 1. The first-order valence-corrected chi connectivity index (χ1v) is 5.35. The number of hydrogen-bond donors (Lipinski definition) is 1. The van der Waals surface area contributed by atoms with Gasteiger partial charge in [-0.25, -0.2) is 8.78 Å². The van der Waals surface area contributed by atoms with E-state index >= 15 is 0 Å². The molecular weight excluding hydrogens is 196 g/mol. The van der Waals surface area contributed by atoms with Crippen LogP contribution in [0.15, 0.2) is 18.2 Å². The van der Waals surface area contributed by atoms with Crippen LogP contribution in [0.2, 0.25) is 0 Å². The normalized spacial score (nSPS) is 25.8. The molecular formula is C12H15F2N. The maximum Gasteiger partial charge on any atom is 0.126 e. The molecule has 0 aliphatic heterocycles. The van der Waals surface area contributed by atoms with Crippen LogP contribution >= 0.6 is 0 Å². The Labute approximate surface area is 88.3 Å². The molecule has 1 aliphatic carbocycles. The summed E-state index contributed by atoms with van der Waals surface area (Å²) in [6, 6.07) is 3.89. The van der Waals surface area contributed by atoms with Crippen molar-refractivity contribution in [3.05, 3.63) is 35.4 Å². The van der Waals surface area contributed by atoms with Crippen molar-refractivity contribution in [2.75, 3.05) is 0 Å². The molecule has 2 atom stereocenters. The van der Waals surface area contributed by atoms with Crippen molar-refractivity contribution in [1.82, 2.24) is 0 Å². The third kappa shape index (κ3) is 2.53. The van der Waals surface area contributed by atoms with Gasteiger partial charge in [-0.2, -0.15) is 0 Å². The molecule has 1 aromatic rings. The molecule has 0 saturated heterocycles. The Balaban J connectivity index is 2.10. The summed E-state index contributed by atoms with van der Waals surface area (Å²) in [7, 11) is 0. The Morgan fingerprint density at radius 1 is 1.13 bits per heavy atom. The van der Waals surface area contributed by atoms with E-state index in [9.17, 15) is 8.78 Å². The van der Waals surface area contributed by atoms with Crippen LogP contribution in [0, 0.1) is 17.6 Å². The number of hydrogen-bond acceptors (Lipinski definition) is 1. The van der Waals surface area contributed by atoms with Crippen molar-refractivity contribution in [1.29, 1.82) is 0 Å². The summed E-state index contributed by atoms with van der Waals surface area (Å²) < 4.78 is 25.9. The molecule has 0 unspecified atom stereocenters. The zero-order valence-corrected chi connectivity index (χ0v) is 8.55. The van der Waals surface area contributed by atoms with Crippen LogP contribution in [-0.4, -0.2) is 6.04 Å². The molecule has 2 rings (SSSR count). The lowest BCUT2D eigenvalue weighted by Gasteiger charge is -2.15. The SMILES string of the molecule is N[C@H]1CCC[C@H]1Cc1cc(F)cc(F)c1. The lowest BCUT2D eigenvalue weighted by atomic mass is 9.95. The molecule has 15 heavy (non-hydrogen) atoms. The molecule has 1 fully saturated rings. The van der Waals surface area contributed by atoms with Crippen molar-refractivity contribution in [3.63, 3.8) is 0 Å². The van der Waals surface area contributed by atoms with Crippen molar-refractivity contribution in [3.8, 4) is 0 Å². The number of rotatable bonds is 2. The fraction of sp³-hybridized carbons (Fsp3) is 0.500. The number of halogens is 2. The molecule has 1 aromatic carbocycles. The van der Waals surface area contributed by atoms with Gasteiger partial charge in [0.1, 0.15) is 11.6 Å². The second-order valence-electron chi connectivity index (χ2n) is 4.34. The van der Waals surface area contributed by atoms with E-state index in [1.807, 2.05) is 0 Å². The molecule has 1 aliphatic rings. The van der Waals surface area contributed by atoms with E-state index in [0.717, 1.165) is 30.9 Å². The van der Waals surface area contributed by atoms with Crippen LogP contribution < -0.4 is 5.73 Å². The van der Waals surface area contributed by atoms with Gasteiger partial charge in [-0.3, -0.25) is 0 Å². The Kier molecular flexibility index (Phi) is 3.00. The highest BCUT2D eigenvalue weighted by molar-refractivity contribution is 5.19. The van der Waals surface area contributed by atoms with Gasteiger partial charge in [-0.05, 0) is 42.9 Å². The van der Waals surface area contributed by atoms with Crippen LogP contribution in [0.3, 0.4) is 0 Å². The largest absolute Gasteiger partial charge is 0.327 e. The summed E-state index contributed by atoms with van der Waals surface area (Å²) >= 11 is 0. The van der Waals surface area contributed by atoms with Crippen molar-refractivity contribution in [2.45, 2.75) is 31.7 Å². The Bertz CT molecular complexity index is 331. The minimum Gasteiger partial charge on any atom is -0.327 e. The van der Waals surface area contributed by atoms with E-state index < -0.39 is 11.6 Å². The van der Waals surface area contributed by atoms with Crippen LogP contribution in [0.4, 0.5) is 8.78 Å². The predicted molar refractivity (Wildman–Crippen MR) is 55.4 cm³/mol. The molecule has 0 aromatic heterocycles. The second-order valence-corrected chi connectivity index (χ2v) is 4.34. The topological polar surface area (TPSA) is 26.0 Å². The third-order valence-corrected chi connectivity index (χ3v) is 3.14. The molecule has 1 saturated carbocycles. The first kappa shape index (κ1) is 10.6. The fourth-order valence-electron chi connectivity index (χ4n) is 2.35. The quantitative estimate of drug-likeness (QED) is 0.799. The highest BCUT2D eigenvalue weighted by Crippen LogP contribution is 2.27. The van der Waals surface area contributed by atoms with Gasteiger partial charge in [-0.15, -0.1) is 0 Å². The summed E-state index contributed by atoms with van der Waals surface area (Å²) in [6.07, 6.45) is 3.92. The van der Waals surface area contributed by atoms with Gasteiger partial charge in [0.25, 0.3) is 0 Å². The lowest BCUT2D eigenvalue weighted by Crippen LogP contribution is -2.25. The van der Waals surface area contributed by atoms with E-state index in [2.05, 4.69) is 0 Å². The third-order valence-electron chi connectivity index (χ3n) is 3.14. The second kappa shape index (κ2) is 4.27. The average molecular weight is 211 g/mol. The molecule has 0 heterocycles. The first-order valence-electron chi connectivity index (χ1n) is 5.35. The average Bonchev–Trinajstić information content (AvgIpc) is 2.50. The molecule has 2 N–H and O–H groups in total. The zero-order chi connectivity index (χ0) is 10.8. The van der Waals surface area contributed by atoms with E-state index in [-0.39, 0.29) is 6.04 Å². The smallest absolute Gasteiger partial charge is 0.126 e. The summed E-state index contributed by atoms with van der Waals surface area (Å²) in [5, 5.41) is 0. The van der Waals surface area contributed by atoms with Gasteiger partial charge in [0.15, 0.2) is 0 Å². The standard InChI is InChI=1S/C12H15F2N/c13-10-5-8(6-11(14)7-10)4-9-2-1-3-12(9)15/h5-7,9,12H,1-4,15H2/t9-,12-/m0/s1. The van der Waals surface area contributed by atoms with E-state index in [0.29, 0.717) is 12.3 Å². The minimum atomic E-state index is -0.503. The van der Waals surface area contributed by atoms with E-state index in [4.69, 9.17) is 5.73 Å². The maximum absolute atomic E-state index is 12.9. The molecule has 0 amide bonds. The minimum absolute atomic E-state index is 0.191. The highest BCUT2D eigenvalue weighted by atomic mass is 19.1. The summed E-state index contributed by atoms with van der Waals surface area (Å²) in [5.41, 5.74) is 6.63. The fourth-order valence-corrected chi connectivity index (χ4v) is 2.35. The first-order chi connectivity index (χ1) is 7.15. The van der Waals surface area contributed by atoms with Gasteiger partial charge < -0.3 is 5.73 Å². The Morgan fingerprint density at radius 2 is 1.80 bits per heavy atom. The van der Waals surface area contributed by atoms with Crippen LogP contribution in [0.1, 0.15) is 24.8 Å². The summed E-state index contributed by atoms with van der Waals surface area (Å²) in [6.45, 7) is 0. The lowest BCUT2D eigenvalue weighted by molar-refractivity contribution is 0.475. The van der Waals surface area contributed by atoms with Gasteiger partial charge in [-0.1, -0.05) is 6.42 Å². The molecule has 0 radical (unpaired) electrons. The van der Waals surface area contributed by atoms with Crippen molar-refractivity contribution < 1.29 is 8.78 Å². The van der Waals surface area contributed by atoms with Gasteiger partial charge in [0.2, 0.25) is 0 Å². The summed E-state index contributed by atoms with van der Waals surface area (Å²) in [4.78, 5) is 0. The summed E-state index contributed by atoms with van der Waals surface area (Å²) in [5.74, 6) is -0.626. The van der Waals surface area contributed by atoms with E-state index in [1.165, 1.54) is 12.1 Å². The molecule has 1 nitrogen and oxygen atoms in total. The molecule has 3 heteroatoms. The molecule has 0 bridgehead atoms. The van der Waals surface area contributed by atoms with Gasteiger partial charge in [0, 0.05) is 12.1 Å². The number of benzene rings is 1. The molecule has 82 valence electrons. The zero-order valence-electron chi connectivity index (χ0n) is 8.55. The van der Waals surface area contributed by atoms with Gasteiger partial charge >= 0.3 is 0 Å².